The molecule has 0 aliphatic carbocycles. The van der Waals surface area contributed by atoms with E-state index in [4.69, 9.17) is 11.6 Å². The van der Waals surface area contributed by atoms with Crippen molar-refractivity contribution in [1.82, 2.24) is 15.3 Å². The highest BCUT2D eigenvalue weighted by molar-refractivity contribution is 6.30. The molecule has 0 saturated carbocycles. The van der Waals surface area contributed by atoms with Crippen LogP contribution in [0.1, 0.15) is 29.0 Å². The molecule has 0 saturated heterocycles. The Morgan fingerprint density at radius 2 is 1.85 bits per heavy atom. The summed E-state index contributed by atoms with van der Waals surface area (Å²) in [5.74, 6) is -0.171. The Balaban J connectivity index is 1.88. The van der Waals surface area contributed by atoms with Gasteiger partial charge in [-0.15, -0.1) is 0 Å². The SMILES string of the molecule is CNc1cc(C(=O)NC(C)c2cnccn2)cc(-c2ccc(Cl)cc2)c1. The second kappa shape index (κ2) is 7.97. The molecule has 0 radical (unpaired) electrons. The number of rotatable bonds is 5. The first-order valence-electron chi connectivity index (χ1n) is 8.22. The van der Waals surface area contributed by atoms with Gasteiger partial charge in [0.05, 0.1) is 17.9 Å². The third kappa shape index (κ3) is 4.18. The van der Waals surface area contributed by atoms with E-state index in [0.717, 1.165) is 16.8 Å². The highest BCUT2D eigenvalue weighted by Crippen LogP contribution is 2.26. The zero-order chi connectivity index (χ0) is 18.5. The van der Waals surface area contributed by atoms with Crippen LogP contribution in [0.25, 0.3) is 11.1 Å². The van der Waals surface area contributed by atoms with E-state index < -0.39 is 0 Å². The summed E-state index contributed by atoms with van der Waals surface area (Å²) in [5.41, 5.74) is 4.06. The maximum absolute atomic E-state index is 12.7. The molecular weight excluding hydrogens is 348 g/mol. The Hall–Kier alpha value is -2.92. The molecule has 1 heterocycles. The maximum Gasteiger partial charge on any atom is 0.251 e. The molecule has 0 bridgehead atoms. The molecule has 0 spiro atoms. The van der Waals surface area contributed by atoms with Gasteiger partial charge >= 0.3 is 0 Å². The second-order valence-corrected chi connectivity index (χ2v) is 6.32. The Morgan fingerprint density at radius 1 is 1.08 bits per heavy atom. The summed E-state index contributed by atoms with van der Waals surface area (Å²) < 4.78 is 0. The van der Waals surface area contributed by atoms with Gasteiger partial charge in [-0.25, -0.2) is 0 Å². The van der Waals surface area contributed by atoms with Gasteiger partial charge in [-0.05, 0) is 48.4 Å². The van der Waals surface area contributed by atoms with Crippen LogP contribution in [0.15, 0.2) is 61.1 Å². The molecule has 2 N–H and O–H groups in total. The van der Waals surface area contributed by atoms with E-state index in [1.54, 1.807) is 18.6 Å². The molecule has 3 rings (SSSR count). The summed E-state index contributed by atoms with van der Waals surface area (Å²) in [6.07, 6.45) is 4.86. The lowest BCUT2D eigenvalue weighted by molar-refractivity contribution is 0.0939. The van der Waals surface area contributed by atoms with Gasteiger partial charge < -0.3 is 10.6 Å². The van der Waals surface area contributed by atoms with Crippen LogP contribution in [-0.4, -0.2) is 22.9 Å². The van der Waals surface area contributed by atoms with E-state index in [1.165, 1.54) is 0 Å². The summed E-state index contributed by atoms with van der Waals surface area (Å²) >= 11 is 5.97. The van der Waals surface area contributed by atoms with Crippen molar-refractivity contribution in [3.05, 3.63) is 77.3 Å². The van der Waals surface area contributed by atoms with Gasteiger partial charge in [-0.3, -0.25) is 14.8 Å². The molecule has 1 amide bonds. The third-order valence-corrected chi connectivity index (χ3v) is 4.29. The van der Waals surface area contributed by atoms with Crippen molar-refractivity contribution in [2.24, 2.45) is 0 Å². The van der Waals surface area contributed by atoms with Crippen LogP contribution in [0.5, 0.6) is 0 Å². The van der Waals surface area contributed by atoms with Gasteiger partial charge in [0.25, 0.3) is 5.91 Å². The zero-order valence-corrected chi connectivity index (χ0v) is 15.3. The van der Waals surface area contributed by atoms with E-state index in [9.17, 15) is 4.79 Å². The quantitative estimate of drug-likeness (QED) is 0.705. The lowest BCUT2D eigenvalue weighted by Crippen LogP contribution is -2.27. The number of nitrogens with zero attached hydrogens (tertiary/aromatic N) is 2. The van der Waals surface area contributed by atoms with Crippen molar-refractivity contribution < 1.29 is 4.79 Å². The Morgan fingerprint density at radius 3 is 2.50 bits per heavy atom. The highest BCUT2D eigenvalue weighted by Gasteiger charge is 2.14. The number of carbonyl (C=O) groups is 1. The van der Waals surface area contributed by atoms with Crippen LogP contribution < -0.4 is 10.6 Å². The van der Waals surface area contributed by atoms with Gasteiger partial charge in [-0.2, -0.15) is 0 Å². The Bertz CT molecular complexity index is 897. The van der Waals surface area contributed by atoms with E-state index in [1.807, 2.05) is 56.4 Å². The average molecular weight is 367 g/mol. The normalized spacial score (nSPS) is 11.7. The smallest absolute Gasteiger partial charge is 0.251 e. The molecule has 0 aliphatic heterocycles. The fraction of sp³-hybridized carbons (Fsp3) is 0.150. The number of benzene rings is 2. The van der Waals surface area contributed by atoms with Crippen molar-refractivity contribution >= 4 is 23.2 Å². The first kappa shape index (κ1) is 17.9. The van der Waals surface area contributed by atoms with Gasteiger partial charge in [0.15, 0.2) is 0 Å². The average Bonchev–Trinajstić information content (AvgIpc) is 2.68. The summed E-state index contributed by atoms with van der Waals surface area (Å²) in [6, 6.07) is 13.0. The van der Waals surface area contributed by atoms with Crippen molar-refractivity contribution in [3.63, 3.8) is 0 Å². The predicted octanol–water partition coefficient (Wildman–Crippen LogP) is 4.33. The van der Waals surface area contributed by atoms with Gasteiger partial charge in [0, 0.05) is 35.7 Å². The molecular formula is C20H19ClN4O. The predicted molar refractivity (Wildman–Crippen MR) is 104 cm³/mol. The van der Waals surface area contributed by atoms with Gasteiger partial charge in [-0.1, -0.05) is 23.7 Å². The molecule has 5 nitrogen and oxygen atoms in total. The first-order chi connectivity index (χ1) is 12.6. The highest BCUT2D eigenvalue weighted by atomic mass is 35.5. The minimum atomic E-state index is -0.242. The number of amides is 1. The molecule has 6 heteroatoms. The maximum atomic E-state index is 12.7. The molecule has 1 atom stereocenters. The molecule has 3 aromatic rings. The number of hydrogen-bond acceptors (Lipinski definition) is 4. The summed E-state index contributed by atoms with van der Waals surface area (Å²) in [7, 11) is 1.82. The number of halogens is 1. The van der Waals surface area contributed by atoms with Crippen LogP contribution in [-0.2, 0) is 0 Å². The topological polar surface area (TPSA) is 66.9 Å². The molecule has 1 aromatic heterocycles. The standard InChI is InChI=1S/C20H19ClN4O/c1-13(19-12-23-7-8-24-19)25-20(26)16-9-15(10-18(11-16)22-2)14-3-5-17(21)6-4-14/h3-13,22H,1-2H3,(H,25,26). The monoisotopic (exact) mass is 366 g/mol. The number of aromatic nitrogens is 2. The van der Waals surface area contributed by atoms with Crippen molar-refractivity contribution in [2.75, 3.05) is 12.4 Å². The molecule has 0 fully saturated rings. The summed E-state index contributed by atoms with van der Waals surface area (Å²) in [5, 5.41) is 6.74. The third-order valence-electron chi connectivity index (χ3n) is 4.04. The van der Waals surface area contributed by atoms with Crippen LogP contribution in [0.3, 0.4) is 0 Å². The fourth-order valence-electron chi connectivity index (χ4n) is 2.60. The van der Waals surface area contributed by atoms with E-state index >= 15 is 0 Å². The van der Waals surface area contributed by atoms with Crippen molar-refractivity contribution in [1.29, 1.82) is 0 Å². The molecule has 2 aromatic carbocycles. The van der Waals surface area contributed by atoms with Gasteiger partial charge in [0.1, 0.15) is 0 Å². The largest absolute Gasteiger partial charge is 0.388 e. The fourth-order valence-corrected chi connectivity index (χ4v) is 2.73. The zero-order valence-electron chi connectivity index (χ0n) is 14.5. The number of nitrogens with one attached hydrogen (secondary N) is 2. The summed E-state index contributed by atoms with van der Waals surface area (Å²) in [4.78, 5) is 21.0. The lowest BCUT2D eigenvalue weighted by Gasteiger charge is -2.15. The number of hydrogen-bond donors (Lipinski definition) is 2. The first-order valence-corrected chi connectivity index (χ1v) is 8.60. The molecule has 132 valence electrons. The minimum Gasteiger partial charge on any atom is -0.388 e. The van der Waals surface area contributed by atoms with Crippen LogP contribution in [0.4, 0.5) is 5.69 Å². The number of carbonyl (C=O) groups excluding carboxylic acids is 1. The molecule has 1 unspecified atom stereocenters. The minimum absolute atomic E-state index is 0.171. The lowest BCUT2D eigenvalue weighted by atomic mass is 10.0. The Labute approximate surface area is 157 Å². The van der Waals surface area contributed by atoms with E-state index in [-0.39, 0.29) is 11.9 Å². The van der Waals surface area contributed by atoms with Gasteiger partial charge in [0.2, 0.25) is 0 Å². The second-order valence-electron chi connectivity index (χ2n) is 5.88. The van der Waals surface area contributed by atoms with E-state index in [2.05, 4.69) is 20.6 Å². The number of anilines is 1. The molecule has 0 aliphatic rings. The van der Waals surface area contributed by atoms with Crippen LogP contribution in [0, 0.1) is 0 Å². The van der Waals surface area contributed by atoms with E-state index in [0.29, 0.717) is 16.3 Å². The van der Waals surface area contributed by atoms with Crippen LogP contribution in [0.2, 0.25) is 5.02 Å². The Kier molecular flexibility index (Phi) is 5.49. The molecule has 26 heavy (non-hydrogen) atoms. The van der Waals surface area contributed by atoms with Crippen molar-refractivity contribution in [2.45, 2.75) is 13.0 Å². The summed E-state index contributed by atoms with van der Waals surface area (Å²) in [6.45, 7) is 1.88. The van der Waals surface area contributed by atoms with Crippen LogP contribution >= 0.6 is 11.6 Å². The van der Waals surface area contributed by atoms with Crippen molar-refractivity contribution in [3.8, 4) is 11.1 Å².